The summed E-state index contributed by atoms with van der Waals surface area (Å²) in [6.45, 7) is 6.47. The van der Waals surface area contributed by atoms with Crippen molar-refractivity contribution in [3.63, 3.8) is 0 Å². The maximum absolute atomic E-state index is 9.45. The number of nitrogens with zero attached hydrogens (tertiary/aromatic N) is 1. The Balaban J connectivity index is 1.88. The molecule has 92 valence electrons. The topological polar surface area (TPSA) is 32.7 Å². The summed E-state index contributed by atoms with van der Waals surface area (Å²) in [5.41, 5.74) is 1.23. The van der Waals surface area contributed by atoms with Gasteiger partial charge in [-0.1, -0.05) is 6.92 Å². The summed E-state index contributed by atoms with van der Waals surface area (Å²) in [6, 6.07) is 6.46. The van der Waals surface area contributed by atoms with Gasteiger partial charge in [0.05, 0.1) is 6.04 Å². The minimum atomic E-state index is 0.284. The average Bonchev–Trinajstić information content (AvgIpc) is 2.81. The van der Waals surface area contributed by atoms with E-state index in [1.54, 1.807) is 12.1 Å². The molecule has 2 heterocycles. The monoisotopic (exact) mass is 233 g/mol. The third kappa shape index (κ3) is 1.78. The van der Waals surface area contributed by atoms with E-state index in [2.05, 4.69) is 18.7 Å². The van der Waals surface area contributed by atoms with Crippen LogP contribution in [0.1, 0.15) is 31.9 Å². The molecule has 3 unspecified atom stereocenters. The fourth-order valence-electron chi connectivity index (χ4n) is 3.22. The molecule has 2 aliphatic rings. The number of likely N-dealkylation sites (tertiary alicyclic amines) is 1. The number of aromatic hydroxyl groups is 1. The Kier molecular flexibility index (Phi) is 2.51. The second-order valence-electron chi connectivity index (χ2n) is 5.44. The highest BCUT2D eigenvalue weighted by atomic mass is 16.5. The molecule has 1 fully saturated rings. The molecule has 1 N–H and O–H groups in total. The molecule has 0 radical (unpaired) electrons. The molecular weight excluding hydrogens is 214 g/mol. The van der Waals surface area contributed by atoms with E-state index in [4.69, 9.17) is 4.74 Å². The lowest BCUT2D eigenvalue weighted by Crippen LogP contribution is -2.32. The van der Waals surface area contributed by atoms with E-state index in [-0.39, 0.29) is 5.75 Å². The number of rotatable bonds is 1. The van der Waals surface area contributed by atoms with E-state index in [0.29, 0.717) is 12.1 Å². The second kappa shape index (κ2) is 3.91. The lowest BCUT2D eigenvalue weighted by atomic mass is 10.1. The molecule has 1 aromatic carbocycles. The predicted octanol–water partition coefficient (Wildman–Crippen LogP) is 2.56. The van der Waals surface area contributed by atoms with Crippen LogP contribution in [0.2, 0.25) is 0 Å². The van der Waals surface area contributed by atoms with E-state index in [1.807, 2.05) is 6.07 Å². The van der Waals surface area contributed by atoms with Gasteiger partial charge >= 0.3 is 0 Å². The third-order valence-electron chi connectivity index (χ3n) is 3.99. The van der Waals surface area contributed by atoms with Crippen LogP contribution in [0.5, 0.6) is 11.5 Å². The number of fused-ring (bicyclic) bond motifs is 1. The van der Waals surface area contributed by atoms with Crippen molar-refractivity contribution in [1.82, 2.24) is 4.90 Å². The van der Waals surface area contributed by atoms with E-state index >= 15 is 0 Å². The predicted molar refractivity (Wildman–Crippen MR) is 66.3 cm³/mol. The van der Waals surface area contributed by atoms with Gasteiger partial charge in [-0.2, -0.15) is 0 Å². The van der Waals surface area contributed by atoms with Crippen molar-refractivity contribution in [1.29, 1.82) is 0 Å². The summed E-state index contributed by atoms with van der Waals surface area (Å²) in [6.07, 6.45) is 1.27. The second-order valence-corrected chi connectivity index (χ2v) is 5.44. The molecule has 1 aromatic rings. The van der Waals surface area contributed by atoms with Gasteiger partial charge in [0.2, 0.25) is 0 Å². The Morgan fingerprint density at radius 2 is 2.18 bits per heavy atom. The first-order chi connectivity index (χ1) is 8.15. The highest BCUT2D eigenvalue weighted by Crippen LogP contribution is 2.41. The van der Waals surface area contributed by atoms with Crippen LogP contribution in [-0.4, -0.2) is 29.2 Å². The van der Waals surface area contributed by atoms with Crippen LogP contribution >= 0.6 is 0 Å². The highest BCUT2D eigenvalue weighted by Gasteiger charge is 2.36. The molecule has 3 atom stereocenters. The fraction of sp³-hybridized carbons (Fsp3) is 0.571. The Labute approximate surface area is 102 Å². The summed E-state index contributed by atoms with van der Waals surface area (Å²) >= 11 is 0. The number of ether oxygens (including phenoxy) is 1. The van der Waals surface area contributed by atoms with Gasteiger partial charge in [0.15, 0.2) is 0 Å². The van der Waals surface area contributed by atoms with E-state index in [9.17, 15) is 5.11 Å². The lowest BCUT2D eigenvalue weighted by molar-refractivity contribution is 0.155. The van der Waals surface area contributed by atoms with Gasteiger partial charge in [0.25, 0.3) is 0 Å². The van der Waals surface area contributed by atoms with Gasteiger partial charge in [-0.05, 0) is 31.4 Å². The van der Waals surface area contributed by atoms with Crippen LogP contribution in [0, 0.1) is 5.92 Å². The first-order valence-corrected chi connectivity index (χ1v) is 6.36. The molecule has 0 saturated carbocycles. The molecule has 3 nitrogen and oxygen atoms in total. The van der Waals surface area contributed by atoms with Crippen LogP contribution < -0.4 is 4.74 Å². The van der Waals surface area contributed by atoms with Crippen LogP contribution in [0.3, 0.4) is 0 Å². The van der Waals surface area contributed by atoms with E-state index < -0.39 is 0 Å². The van der Waals surface area contributed by atoms with Crippen molar-refractivity contribution in [3.8, 4) is 11.5 Å². The van der Waals surface area contributed by atoms with Crippen LogP contribution in [-0.2, 0) is 0 Å². The fourth-order valence-corrected chi connectivity index (χ4v) is 3.22. The minimum absolute atomic E-state index is 0.284. The van der Waals surface area contributed by atoms with Crippen molar-refractivity contribution in [2.45, 2.75) is 32.4 Å². The number of hydrogen-bond acceptors (Lipinski definition) is 3. The quantitative estimate of drug-likeness (QED) is 0.809. The van der Waals surface area contributed by atoms with Crippen LogP contribution in [0.4, 0.5) is 0 Å². The number of phenolic OH excluding ortho intramolecular Hbond substituents is 1. The maximum atomic E-state index is 9.45. The molecule has 17 heavy (non-hydrogen) atoms. The summed E-state index contributed by atoms with van der Waals surface area (Å²) in [5, 5.41) is 9.45. The van der Waals surface area contributed by atoms with Gasteiger partial charge in [-0.25, -0.2) is 0 Å². The first kappa shape index (κ1) is 10.9. The van der Waals surface area contributed by atoms with Crippen LogP contribution in [0.15, 0.2) is 18.2 Å². The smallest absolute Gasteiger partial charge is 0.127 e. The van der Waals surface area contributed by atoms with Gasteiger partial charge in [0.1, 0.15) is 18.1 Å². The molecule has 1 saturated heterocycles. The Hall–Kier alpha value is -1.22. The molecule has 0 aliphatic carbocycles. The first-order valence-electron chi connectivity index (χ1n) is 6.36. The Morgan fingerprint density at radius 1 is 1.35 bits per heavy atom. The van der Waals surface area contributed by atoms with Gasteiger partial charge < -0.3 is 9.84 Å². The van der Waals surface area contributed by atoms with Crippen molar-refractivity contribution in [2.24, 2.45) is 5.92 Å². The Morgan fingerprint density at radius 3 is 2.88 bits per heavy atom. The molecule has 3 heteroatoms. The minimum Gasteiger partial charge on any atom is -0.508 e. The van der Waals surface area contributed by atoms with Crippen molar-refractivity contribution in [3.05, 3.63) is 23.8 Å². The number of phenols is 1. The zero-order chi connectivity index (χ0) is 12.0. The average molecular weight is 233 g/mol. The molecule has 0 bridgehead atoms. The Bertz CT molecular complexity index is 432. The SMILES string of the molecule is CC1CC(C)N(C2COc3cc(O)ccc32)C1. The zero-order valence-electron chi connectivity index (χ0n) is 10.4. The zero-order valence-corrected chi connectivity index (χ0v) is 10.4. The van der Waals surface area contributed by atoms with Gasteiger partial charge in [-0.15, -0.1) is 0 Å². The molecule has 0 amide bonds. The van der Waals surface area contributed by atoms with Crippen molar-refractivity contribution < 1.29 is 9.84 Å². The maximum Gasteiger partial charge on any atom is 0.127 e. The van der Waals surface area contributed by atoms with E-state index in [0.717, 1.165) is 24.8 Å². The number of benzene rings is 1. The molecular formula is C14H19NO2. The molecule has 0 aromatic heterocycles. The molecule has 2 aliphatic heterocycles. The molecule has 3 rings (SSSR count). The lowest BCUT2D eigenvalue weighted by Gasteiger charge is -2.27. The van der Waals surface area contributed by atoms with Gasteiger partial charge in [0, 0.05) is 24.2 Å². The van der Waals surface area contributed by atoms with Crippen molar-refractivity contribution in [2.75, 3.05) is 13.2 Å². The summed E-state index contributed by atoms with van der Waals surface area (Å²) in [7, 11) is 0. The van der Waals surface area contributed by atoms with Crippen LogP contribution in [0.25, 0.3) is 0 Å². The van der Waals surface area contributed by atoms with Crippen molar-refractivity contribution >= 4 is 0 Å². The highest BCUT2D eigenvalue weighted by molar-refractivity contribution is 5.44. The summed E-state index contributed by atoms with van der Waals surface area (Å²) < 4.78 is 5.69. The molecule has 0 spiro atoms. The normalized spacial score (nSPS) is 32.5. The van der Waals surface area contributed by atoms with E-state index in [1.165, 1.54) is 12.0 Å². The van der Waals surface area contributed by atoms with Gasteiger partial charge in [-0.3, -0.25) is 4.90 Å². The standard InChI is InChI=1S/C14H19NO2/c1-9-5-10(2)15(7-9)13-8-17-14-6-11(16)3-4-12(13)14/h3-4,6,9-10,13,16H,5,7-8H2,1-2H3. The summed E-state index contributed by atoms with van der Waals surface area (Å²) in [4.78, 5) is 2.54. The number of hydrogen-bond donors (Lipinski definition) is 1. The largest absolute Gasteiger partial charge is 0.508 e. The third-order valence-corrected chi connectivity index (χ3v) is 3.99. The summed E-state index contributed by atoms with van der Waals surface area (Å²) in [5.74, 6) is 1.90.